The lowest BCUT2D eigenvalue weighted by atomic mass is 10.0. The van der Waals surface area contributed by atoms with Crippen molar-refractivity contribution in [2.24, 2.45) is 0 Å². The van der Waals surface area contributed by atoms with Crippen molar-refractivity contribution in [3.05, 3.63) is 0 Å². The Morgan fingerprint density at radius 1 is 0.289 bits per heavy atom. The highest BCUT2D eigenvalue weighted by Crippen LogP contribution is 2.17. The molecule has 45 heavy (non-hydrogen) atoms. The number of nitrogens with zero attached hydrogens (tertiary/aromatic N) is 1. The molecule has 0 spiro atoms. The molecule has 272 valence electrons. The lowest BCUT2D eigenvalue weighted by Gasteiger charge is -2.27. The minimum absolute atomic E-state index is 0.235. The summed E-state index contributed by atoms with van der Waals surface area (Å²) in [6, 6.07) is 0. The van der Waals surface area contributed by atoms with Crippen LogP contribution < -0.4 is 0 Å². The van der Waals surface area contributed by atoms with Crippen LogP contribution in [0.15, 0.2) is 0 Å². The number of unbranched alkanes of at least 4 members (excludes halogenated alkanes) is 34. The van der Waals surface area contributed by atoms with Crippen LogP contribution in [0.4, 0.5) is 0 Å². The second-order valence-electron chi connectivity index (χ2n) is 14.9. The van der Waals surface area contributed by atoms with E-state index in [1.165, 1.54) is 231 Å². The van der Waals surface area contributed by atoms with Gasteiger partial charge < -0.3 is 5.11 Å². The Kier molecular flexibility index (Phi) is 40.0. The molecule has 0 bridgehead atoms. The van der Waals surface area contributed by atoms with Crippen molar-refractivity contribution in [1.82, 2.24) is 4.90 Å². The molecule has 0 heterocycles. The summed E-state index contributed by atoms with van der Waals surface area (Å²) in [6.07, 6.45) is 52.0. The van der Waals surface area contributed by atoms with Gasteiger partial charge in [0.1, 0.15) is 6.23 Å². The number of hydrogen-bond donors (Lipinski definition) is 1. The van der Waals surface area contributed by atoms with E-state index in [9.17, 15) is 5.11 Å². The van der Waals surface area contributed by atoms with Crippen molar-refractivity contribution < 1.29 is 5.11 Å². The second-order valence-corrected chi connectivity index (χ2v) is 14.9. The van der Waals surface area contributed by atoms with Gasteiger partial charge >= 0.3 is 0 Å². The number of aliphatic hydroxyl groups excluding tert-OH is 1. The van der Waals surface area contributed by atoms with Crippen LogP contribution in [0.1, 0.15) is 258 Å². The lowest BCUT2D eigenvalue weighted by molar-refractivity contribution is -0.00101. The van der Waals surface area contributed by atoms with E-state index in [2.05, 4.69) is 25.7 Å². The molecule has 2 heteroatoms. The summed E-state index contributed by atoms with van der Waals surface area (Å²) in [4.78, 5) is 2.37. The third kappa shape index (κ3) is 36.6. The molecule has 2 nitrogen and oxygen atoms in total. The highest BCUT2D eigenvalue weighted by molar-refractivity contribution is 4.62. The summed E-state index contributed by atoms with van der Waals surface area (Å²) in [5.41, 5.74) is 0. The molecule has 0 aromatic heterocycles. The van der Waals surface area contributed by atoms with E-state index in [-0.39, 0.29) is 6.23 Å². The monoisotopic (exact) mass is 636 g/mol. The molecular formula is C43H89NO. The molecule has 0 aromatic carbocycles. The zero-order valence-corrected chi connectivity index (χ0v) is 32.0. The van der Waals surface area contributed by atoms with E-state index >= 15 is 0 Å². The van der Waals surface area contributed by atoms with Crippen LogP contribution in [0.3, 0.4) is 0 Å². The first-order valence-corrected chi connectivity index (χ1v) is 21.7. The average Bonchev–Trinajstić information content (AvgIpc) is 3.05. The van der Waals surface area contributed by atoms with Crippen LogP contribution in [0.25, 0.3) is 0 Å². The average molecular weight is 636 g/mol. The molecule has 0 aromatic rings. The van der Waals surface area contributed by atoms with Crippen molar-refractivity contribution in [2.45, 2.75) is 265 Å². The topological polar surface area (TPSA) is 23.5 Å². The van der Waals surface area contributed by atoms with Crippen LogP contribution in [-0.2, 0) is 0 Å². The number of aliphatic hydroxyl groups is 1. The maximum Gasteiger partial charge on any atom is 0.107 e. The van der Waals surface area contributed by atoms with Crippen molar-refractivity contribution in [2.75, 3.05) is 13.1 Å². The van der Waals surface area contributed by atoms with Crippen molar-refractivity contribution in [1.29, 1.82) is 0 Å². The van der Waals surface area contributed by atoms with Crippen LogP contribution >= 0.6 is 0 Å². The van der Waals surface area contributed by atoms with Gasteiger partial charge in [-0.15, -0.1) is 0 Å². The zero-order valence-electron chi connectivity index (χ0n) is 32.0. The Morgan fingerprint density at radius 3 is 0.644 bits per heavy atom. The summed E-state index contributed by atoms with van der Waals surface area (Å²) in [7, 11) is 0. The van der Waals surface area contributed by atoms with E-state index in [0.717, 1.165) is 19.5 Å². The quantitative estimate of drug-likeness (QED) is 0.0535. The van der Waals surface area contributed by atoms with Crippen molar-refractivity contribution in [3.8, 4) is 0 Å². The van der Waals surface area contributed by atoms with Crippen LogP contribution in [0.5, 0.6) is 0 Å². The van der Waals surface area contributed by atoms with Gasteiger partial charge in [0.2, 0.25) is 0 Å². The molecule has 0 amide bonds. The molecule has 0 fully saturated rings. The lowest BCUT2D eigenvalue weighted by Crippen LogP contribution is -2.36. The predicted octanol–water partition coefficient (Wildman–Crippen LogP) is 15.1. The largest absolute Gasteiger partial charge is 0.378 e. The first-order chi connectivity index (χ1) is 22.3. The van der Waals surface area contributed by atoms with Gasteiger partial charge in [0.05, 0.1) is 0 Å². The Bertz CT molecular complexity index is 468. The van der Waals surface area contributed by atoms with E-state index in [1.807, 2.05) is 0 Å². The van der Waals surface area contributed by atoms with Gasteiger partial charge in [0.25, 0.3) is 0 Å². The van der Waals surface area contributed by atoms with Gasteiger partial charge in [-0.25, -0.2) is 0 Å². The van der Waals surface area contributed by atoms with Crippen molar-refractivity contribution >= 4 is 0 Å². The first-order valence-electron chi connectivity index (χ1n) is 21.7. The fourth-order valence-electron chi connectivity index (χ4n) is 7.10. The highest BCUT2D eigenvalue weighted by atomic mass is 16.3. The minimum Gasteiger partial charge on any atom is -0.378 e. The molecule has 0 aliphatic rings. The molecule has 0 saturated heterocycles. The fraction of sp³-hybridized carbons (Fsp3) is 1.00. The molecule has 0 radical (unpaired) electrons. The maximum absolute atomic E-state index is 10.5. The highest BCUT2D eigenvalue weighted by Gasteiger charge is 2.12. The fourth-order valence-corrected chi connectivity index (χ4v) is 7.10. The summed E-state index contributed by atoms with van der Waals surface area (Å²) < 4.78 is 0. The van der Waals surface area contributed by atoms with E-state index in [1.54, 1.807) is 0 Å². The van der Waals surface area contributed by atoms with Crippen LogP contribution in [0.2, 0.25) is 0 Å². The van der Waals surface area contributed by atoms with Gasteiger partial charge in [-0.3, -0.25) is 4.90 Å². The summed E-state index contributed by atoms with van der Waals surface area (Å²) in [5.74, 6) is 0. The molecule has 0 rings (SSSR count). The summed E-state index contributed by atoms with van der Waals surface area (Å²) in [5, 5.41) is 10.5. The molecule has 1 unspecified atom stereocenters. The SMILES string of the molecule is CCCCCCCCCCCCCCCCCCCCN(CCCCCCCCCCCCCCCCCCCC)C(O)CC. The smallest absolute Gasteiger partial charge is 0.107 e. The van der Waals surface area contributed by atoms with E-state index in [0.29, 0.717) is 0 Å². The van der Waals surface area contributed by atoms with Crippen LogP contribution in [-0.4, -0.2) is 29.3 Å². The predicted molar refractivity (Wildman–Crippen MR) is 205 cm³/mol. The maximum atomic E-state index is 10.5. The Hall–Kier alpha value is -0.0800. The van der Waals surface area contributed by atoms with Crippen LogP contribution in [0, 0.1) is 0 Å². The Labute approximate surface area is 287 Å². The van der Waals surface area contributed by atoms with Gasteiger partial charge in [0.15, 0.2) is 0 Å². The van der Waals surface area contributed by atoms with Gasteiger partial charge in [-0.05, 0) is 19.3 Å². The molecule has 1 atom stereocenters. The number of rotatable bonds is 40. The van der Waals surface area contributed by atoms with E-state index in [4.69, 9.17) is 0 Å². The molecule has 0 saturated carbocycles. The number of hydrogen-bond acceptors (Lipinski definition) is 2. The second kappa shape index (κ2) is 40.1. The third-order valence-corrected chi connectivity index (χ3v) is 10.4. The third-order valence-electron chi connectivity index (χ3n) is 10.4. The van der Waals surface area contributed by atoms with Gasteiger partial charge in [-0.2, -0.15) is 0 Å². The van der Waals surface area contributed by atoms with Gasteiger partial charge in [0, 0.05) is 13.1 Å². The summed E-state index contributed by atoms with van der Waals surface area (Å²) >= 11 is 0. The normalized spacial score (nSPS) is 12.5. The Morgan fingerprint density at radius 2 is 0.467 bits per heavy atom. The molecule has 0 aliphatic heterocycles. The molecule has 0 aliphatic carbocycles. The minimum atomic E-state index is -0.235. The Balaban J connectivity index is 3.45. The standard InChI is InChI=1S/C43H89NO/c1-4-7-9-11-13-15-17-19-21-23-25-27-29-31-33-35-37-39-41-44(43(45)6-3)42-40-38-36-34-32-30-28-26-24-22-20-18-16-14-12-10-8-5-2/h43,45H,4-42H2,1-3H3. The van der Waals surface area contributed by atoms with E-state index < -0.39 is 0 Å². The zero-order chi connectivity index (χ0) is 32.7. The molecular weight excluding hydrogens is 546 g/mol. The van der Waals surface area contributed by atoms with Gasteiger partial charge in [-0.1, -0.05) is 239 Å². The summed E-state index contributed by atoms with van der Waals surface area (Å²) in [6.45, 7) is 8.92. The van der Waals surface area contributed by atoms with Crippen molar-refractivity contribution in [3.63, 3.8) is 0 Å². The first kappa shape index (κ1) is 44.9. The molecule has 1 N–H and O–H groups in total.